The number of aryl methyl sites for hydroxylation is 3. The molecule has 0 amide bonds. The van der Waals surface area contributed by atoms with Gasteiger partial charge in [-0.3, -0.25) is 0 Å². The van der Waals surface area contributed by atoms with Gasteiger partial charge in [-0.15, -0.1) is 0 Å². The van der Waals surface area contributed by atoms with E-state index < -0.39 is 0 Å². The van der Waals surface area contributed by atoms with Crippen LogP contribution in [0.1, 0.15) is 42.0 Å². The Morgan fingerprint density at radius 2 is 1.85 bits per heavy atom. The van der Waals surface area contributed by atoms with Crippen LogP contribution in [-0.4, -0.2) is 6.73 Å². The fourth-order valence-corrected chi connectivity index (χ4v) is 3.87. The van der Waals surface area contributed by atoms with E-state index in [9.17, 15) is 4.79 Å². The molecule has 0 bridgehead atoms. The Labute approximate surface area is 159 Å². The lowest BCUT2D eigenvalue weighted by molar-refractivity contribution is 0.289. The highest BCUT2D eigenvalue weighted by Crippen LogP contribution is 2.35. The van der Waals surface area contributed by atoms with Crippen LogP contribution in [0.25, 0.3) is 11.0 Å². The Morgan fingerprint density at radius 1 is 1.07 bits per heavy atom. The molecule has 1 aliphatic rings. The summed E-state index contributed by atoms with van der Waals surface area (Å²) >= 11 is 0. The second-order valence-electron chi connectivity index (χ2n) is 7.43. The van der Waals surface area contributed by atoms with E-state index in [1.165, 1.54) is 11.1 Å². The standard InChI is InChI=1S/C23H25NO3/c1-4-5-6-17-12-22(25)27-23-19(17)7-8-21-20(23)13-24(14-26-21)18-10-15(2)9-16(3)11-18/h7-12H,4-6,13-14H2,1-3H3. The Balaban J connectivity index is 1.79. The van der Waals surface area contributed by atoms with Crippen LogP contribution in [0.2, 0.25) is 0 Å². The van der Waals surface area contributed by atoms with Crippen LogP contribution in [0.4, 0.5) is 5.69 Å². The molecule has 0 aliphatic carbocycles. The molecular weight excluding hydrogens is 338 g/mol. The van der Waals surface area contributed by atoms with Gasteiger partial charge >= 0.3 is 5.63 Å². The van der Waals surface area contributed by atoms with Gasteiger partial charge in [-0.1, -0.05) is 19.4 Å². The number of hydrogen-bond acceptors (Lipinski definition) is 4. The summed E-state index contributed by atoms with van der Waals surface area (Å²) in [4.78, 5) is 14.4. The molecule has 140 valence electrons. The number of rotatable bonds is 4. The number of anilines is 1. The van der Waals surface area contributed by atoms with E-state index in [-0.39, 0.29) is 5.63 Å². The predicted octanol–water partition coefficient (Wildman–Crippen LogP) is 5.11. The Bertz CT molecular complexity index is 1030. The highest BCUT2D eigenvalue weighted by molar-refractivity contribution is 5.85. The van der Waals surface area contributed by atoms with E-state index >= 15 is 0 Å². The van der Waals surface area contributed by atoms with Crippen molar-refractivity contribution in [2.45, 2.75) is 46.6 Å². The molecule has 0 saturated carbocycles. The van der Waals surface area contributed by atoms with Gasteiger partial charge in [0.05, 0.1) is 12.1 Å². The second kappa shape index (κ2) is 7.10. The summed E-state index contributed by atoms with van der Waals surface area (Å²) in [6, 6.07) is 12.2. The summed E-state index contributed by atoms with van der Waals surface area (Å²) in [7, 11) is 0. The summed E-state index contributed by atoms with van der Waals surface area (Å²) in [5, 5.41) is 1.02. The van der Waals surface area contributed by atoms with Crippen LogP contribution in [0.15, 0.2) is 45.6 Å². The van der Waals surface area contributed by atoms with Crippen molar-refractivity contribution in [3.8, 4) is 5.75 Å². The zero-order valence-corrected chi connectivity index (χ0v) is 16.2. The number of benzene rings is 2. The van der Waals surface area contributed by atoms with E-state index in [2.05, 4.69) is 43.9 Å². The number of unbranched alkanes of at least 4 members (excludes halogenated alkanes) is 1. The molecule has 2 aromatic carbocycles. The van der Waals surface area contributed by atoms with Gasteiger partial charge in [0.25, 0.3) is 0 Å². The maximum atomic E-state index is 12.2. The van der Waals surface area contributed by atoms with Crippen LogP contribution in [0.5, 0.6) is 5.75 Å². The molecule has 0 radical (unpaired) electrons. The summed E-state index contributed by atoms with van der Waals surface area (Å²) < 4.78 is 11.7. The maximum absolute atomic E-state index is 12.2. The number of nitrogens with zero attached hydrogens (tertiary/aromatic N) is 1. The molecular formula is C23H25NO3. The zero-order valence-electron chi connectivity index (χ0n) is 16.2. The lowest BCUT2D eigenvalue weighted by Gasteiger charge is -2.31. The predicted molar refractivity (Wildman–Crippen MR) is 109 cm³/mol. The van der Waals surface area contributed by atoms with E-state index in [1.54, 1.807) is 6.07 Å². The lowest BCUT2D eigenvalue weighted by atomic mass is 10.0. The minimum Gasteiger partial charge on any atom is -0.473 e. The molecule has 0 spiro atoms. The minimum atomic E-state index is -0.287. The van der Waals surface area contributed by atoms with Gasteiger partial charge in [0, 0.05) is 17.1 Å². The highest BCUT2D eigenvalue weighted by atomic mass is 16.5. The van der Waals surface area contributed by atoms with Crippen molar-refractivity contribution < 1.29 is 9.15 Å². The van der Waals surface area contributed by atoms with Crippen molar-refractivity contribution >= 4 is 16.7 Å². The average molecular weight is 363 g/mol. The molecule has 4 heteroatoms. The topological polar surface area (TPSA) is 42.7 Å². The fraction of sp³-hybridized carbons (Fsp3) is 0.348. The van der Waals surface area contributed by atoms with Crippen molar-refractivity contribution in [3.63, 3.8) is 0 Å². The average Bonchev–Trinajstić information content (AvgIpc) is 2.64. The van der Waals surface area contributed by atoms with Crippen LogP contribution in [0.3, 0.4) is 0 Å². The molecule has 0 fully saturated rings. The minimum absolute atomic E-state index is 0.287. The van der Waals surface area contributed by atoms with Crippen LogP contribution < -0.4 is 15.3 Å². The first-order chi connectivity index (χ1) is 13.0. The smallest absolute Gasteiger partial charge is 0.336 e. The third-order valence-corrected chi connectivity index (χ3v) is 5.15. The van der Waals surface area contributed by atoms with Gasteiger partial charge < -0.3 is 14.1 Å². The van der Waals surface area contributed by atoms with Crippen LogP contribution in [-0.2, 0) is 13.0 Å². The quantitative estimate of drug-likeness (QED) is 0.604. The summed E-state index contributed by atoms with van der Waals surface area (Å²) in [6.45, 7) is 7.51. The molecule has 0 N–H and O–H groups in total. The second-order valence-corrected chi connectivity index (χ2v) is 7.43. The summed E-state index contributed by atoms with van der Waals surface area (Å²) in [6.07, 6.45) is 3.04. The molecule has 0 saturated heterocycles. The Kier molecular flexibility index (Phi) is 4.65. The van der Waals surface area contributed by atoms with Crippen molar-refractivity contribution in [1.82, 2.24) is 0 Å². The van der Waals surface area contributed by atoms with Crippen molar-refractivity contribution in [1.29, 1.82) is 0 Å². The van der Waals surface area contributed by atoms with Gasteiger partial charge in [-0.05, 0) is 67.6 Å². The zero-order chi connectivity index (χ0) is 19.0. The monoisotopic (exact) mass is 363 g/mol. The van der Waals surface area contributed by atoms with Crippen LogP contribution >= 0.6 is 0 Å². The largest absolute Gasteiger partial charge is 0.473 e. The van der Waals surface area contributed by atoms with Gasteiger partial charge in [-0.2, -0.15) is 0 Å². The number of hydrogen-bond donors (Lipinski definition) is 0. The van der Waals surface area contributed by atoms with Gasteiger partial charge in [0.1, 0.15) is 11.3 Å². The molecule has 0 atom stereocenters. The van der Waals surface area contributed by atoms with E-state index in [4.69, 9.17) is 9.15 Å². The van der Waals surface area contributed by atoms with E-state index in [1.807, 2.05) is 12.1 Å². The molecule has 27 heavy (non-hydrogen) atoms. The lowest BCUT2D eigenvalue weighted by Crippen LogP contribution is -2.32. The Hall–Kier alpha value is -2.75. The Morgan fingerprint density at radius 3 is 2.59 bits per heavy atom. The van der Waals surface area contributed by atoms with Gasteiger partial charge in [-0.25, -0.2) is 4.79 Å². The summed E-state index contributed by atoms with van der Waals surface area (Å²) in [5.74, 6) is 0.805. The molecule has 1 aromatic heterocycles. The molecule has 1 aliphatic heterocycles. The molecule has 4 rings (SSSR count). The highest BCUT2D eigenvalue weighted by Gasteiger charge is 2.23. The van der Waals surface area contributed by atoms with Gasteiger partial charge in [0.15, 0.2) is 6.73 Å². The first kappa shape index (κ1) is 17.7. The van der Waals surface area contributed by atoms with E-state index in [0.29, 0.717) is 18.9 Å². The third-order valence-electron chi connectivity index (χ3n) is 5.15. The first-order valence-corrected chi connectivity index (χ1v) is 9.60. The molecule has 0 unspecified atom stereocenters. The van der Waals surface area contributed by atoms with Crippen molar-refractivity contribution in [2.24, 2.45) is 0 Å². The molecule has 3 aromatic rings. The van der Waals surface area contributed by atoms with Gasteiger partial charge in [0.2, 0.25) is 0 Å². The summed E-state index contributed by atoms with van der Waals surface area (Å²) in [5.41, 5.74) is 5.97. The van der Waals surface area contributed by atoms with Crippen molar-refractivity contribution in [3.05, 3.63) is 69.1 Å². The van der Waals surface area contributed by atoms with Crippen LogP contribution in [0, 0.1) is 13.8 Å². The normalized spacial score (nSPS) is 13.5. The number of ether oxygens (including phenoxy) is 1. The van der Waals surface area contributed by atoms with E-state index in [0.717, 1.165) is 47.2 Å². The first-order valence-electron chi connectivity index (χ1n) is 9.60. The van der Waals surface area contributed by atoms with Crippen molar-refractivity contribution in [2.75, 3.05) is 11.6 Å². The SMILES string of the molecule is CCCCc1cc(=O)oc2c3c(ccc12)OCN(c1cc(C)cc(C)c1)C3. The third kappa shape index (κ3) is 3.44. The fourth-order valence-electron chi connectivity index (χ4n) is 3.87. The molecule has 2 heterocycles. The maximum Gasteiger partial charge on any atom is 0.336 e. The number of fused-ring (bicyclic) bond motifs is 3. The molecule has 4 nitrogen and oxygen atoms in total.